The van der Waals surface area contributed by atoms with Crippen LogP contribution in [0, 0.1) is 5.92 Å². The first kappa shape index (κ1) is 18.6. The van der Waals surface area contributed by atoms with E-state index in [4.69, 9.17) is 15.0 Å². The average molecular weight is 329 g/mol. The lowest BCUT2D eigenvalue weighted by Crippen LogP contribution is -2.30. The summed E-state index contributed by atoms with van der Waals surface area (Å²) in [7, 11) is -3.67. The minimum atomic E-state index is -3.67. The normalized spacial score (nSPS) is 21.4. The highest BCUT2D eigenvalue weighted by molar-refractivity contribution is 7.85. The number of ether oxygens (including phenoxy) is 1. The minimum Gasteiger partial charge on any atom is -0.461 e. The summed E-state index contributed by atoms with van der Waals surface area (Å²) >= 11 is 0. The SMILES string of the molecule is CS(=O)(=O)O.N[C@H]1CC[C@@H](C(=O)OCc2ccccc2)CC1. The molecule has 0 atom stereocenters. The van der Waals surface area contributed by atoms with E-state index in [2.05, 4.69) is 0 Å². The van der Waals surface area contributed by atoms with E-state index >= 15 is 0 Å². The molecular formula is C15H23NO5S. The number of hydrogen-bond acceptors (Lipinski definition) is 5. The summed E-state index contributed by atoms with van der Waals surface area (Å²) in [5.74, 6) is -0.0146. The molecular weight excluding hydrogens is 306 g/mol. The molecule has 124 valence electrons. The highest BCUT2D eigenvalue weighted by atomic mass is 32.2. The van der Waals surface area contributed by atoms with Gasteiger partial charge in [-0.1, -0.05) is 30.3 Å². The number of carbonyl (C=O) groups is 1. The fraction of sp³-hybridized carbons (Fsp3) is 0.533. The van der Waals surface area contributed by atoms with Crippen LogP contribution in [-0.2, 0) is 26.3 Å². The summed E-state index contributed by atoms with van der Waals surface area (Å²) in [4.78, 5) is 11.8. The van der Waals surface area contributed by atoms with Gasteiger partial charge in [-0.15, -0.1) is 0 Å². The molecule has 0 spiro atoms. The minimum absolute atomic E-state index is 0.0542. The molecule has 1 saturated carbocycles. The zero-order valence-corrected chi connectivity index (χ0v) is 13.5. The lowest BCUT2D eigenvalue weighted by molar-refractivity contribution is -0.151. The summed E-state index contributed by atoms with van der Waals surface area (Å²) in [6.45, 7) is 0.377. The van der Waals surface area contributed by atoms with Gasteiger partial charge in [0.25, 0.3) is 10.1 Å². The second kappa shape index (κ2) is 8.87. The lowest BCUT2D eigenvalue weighted by atomic mass is 9.86. The third kappa shape index (κ3) is 8.76. The quantitative estimate of drug-likeness (QED) is 0.646. The molecule has 1 aromatic rings. The van der Waals surface area contributed by atoms with Crippen molar-refractivity contribution in [3.8, 4) is 0 Å². The fourth-order valence-electron chi connectivity index (χ4n) is 2.20. The molecule has 1 fully saturated rings. The van der Waals surface area contributed by atoms with Crippen LogP contribution in [0.2, 0.25) is 0 Å². The Bertz CT molecular complexity index is 543. The van der Waals surface area contributed by atoms with Crippen LogP contribution in [0.5, 0.6) is 0 Å². The van der Waals surface area contributed by atoms with Crippen molar-refractivity contribution >= 4 is 16.1 Å². The van der Waals surface area contributed by atoms with Crippen molar-refractivity contribution < 1.29 is 22.5 Å². The van der Waals surface area contributed by atoms with E-state index in [0.717, 1.165) is 31.2 Å². The van der Waals surface area contributed by atoms with E-state index in [9.17, 15) is 13.2 Å². The number of nitrogens with two attached hydrogens (primary N) is 1. The van der Waals surface area contributed by atoms with E-state index in [1.54, 1.807) is 0 Å². The van der Waals surface area contributed by atoms with Gasteiger partial charge in [0.05, 0.1) is 12.2 Å². The van der Waals surface area contributed by atoms with Gasteiger partial charge in [0, 0.05) is 6.04 Å². The van der Waals surface area contributed by atoms with Crippen LogP contribution in [0.25, 0.3) is 0 Å². The molecule has 1 aromatic carbocycles. The second-order valence-electron chi connectivity index (χ2n) is 5.44. The largest absolute Gasteiger partial charge is 0.461 e. The third-order valence-corrected chi connectivity index (χ3v) is 3.33. The Morgan fingerprint density at radius 3 is 2.23 bits per heavy atom. The first-order chi connectivity index (χ1) is 10.3. The van der Waals surface area contributed by atoms with Crippen LogP contribution in [0.1, 0.15) is 31.2 Å². The van der Waals surface area contributed by atoms with Gasteiger partial charge in [0.2, 0.25) is 0 Å². The summed E-state index contributed by atoms with van der Waals surface area (Å²) < 4.78 is 31.2. The summed E-state index contributed by atoms with van der Waals surface area (Å²) in [6.07, 6.45) is 4.33. The maximum Gasteiger partial charge on any atom is 0.309 e. The predicted octanol–water partition coefficient (Wildman–Crippen LogP) is 1.75. The predicted molar refractivity (Wildman–Crippen MR) is 83.6 cm³/mol. The van der Waals surface area contributed by atoms with Crippen molar-refractivity contribution in [2.45, 2.75) is 38.3 Å². The standard InChI is InChI=1S/C14H19NO2.CH4O3S/c15-13-8-6-12(7-9-13)14(16)17-10-11-4-2-1-3-5-11;1-5(2,3)4/h1-5,12-13H,6-10,15H2;1H3,(H,2,3,4)/t12-,13+;. The molecule has 2 rings (SSSR count). The van der Waals surface area contributed by atoms with Gasteiger partial charge in [-0.3, -0.25) is 9.35 Å². The van der Waals surface area contributed by atoms with E-state index in [-0.39, 0.29) is 17.9 Å². The molecule has 0 aromatic heterocycles. The highest BCUT2D eigenvalue weighted by Gasteiger charge is 2.25. The van der Waals surface area contributed by atoms with Gasteiger partial charge in [-0.25, -0.2) is 0 Å². The Hall–Kier alpha value is -1.44. The van der Waals surface area contributed by atoms with E-state index in [0.29, 0.717) is 12.9 Å². The molecule has 0 heterocycles. The molecule has 0 aliphatic heterocycles. The average Bonchev–Trinajstić information content (AvgIpc) is 2.45. The van der Waals surface area contributed by atoms with Crippen LogP contribution in [0.15, 0.2) is 30.3 Å². The molecule has 0 amide bonds. The molecule has 1 aliphatic rings. The van der Waals surface area contributed by atoms with Crippen molar-refractivity contribution in [1.82, 2.24) is 0 Å². The van der Waals surface area contributed by atoms with Gasteiger partial charge < -0.3 is 10.5 Å². The number of esters is 1. The van der Waals surface area contributed by atoms with Gasteiger partial charge in [0.1, 0.15) is 6.61 Å². The molecule has 22 heavy (non-hydrogen) atoms. The molecule has 0 bridgehead atoms. The van der Waals surface area contributed by atoms with Gasteiger partial charge >= 0.3 is 5.97 Å². The number of carbonyl (C=O) groups excluding carboxylic acids is 1. The maximum absolute atomic E-state index is 11.8. The summed E-state index contributed by atoms with van der Waals surface area (Å²) in [5.41, 5.74) is 6.85. The first-order valence-corrected chi connectivity index (χ1v) is 8.99. The van der Waals surface area contributed by atoms with Crippen molar-refractivity contribution in [2.24, 2.45) is 11.7 Å². The van der Waals surface area contributed by atoms with Crippen molar-refractivity contribution in [3.05, 3.63) is 35.9 Å². The second-order valence-corrected chi connectivity index (χ2v) is 6.90. The van der Waals surface area contributed by atoms with E-state index in [1.165, 1.54) is 0 Å². The van der Waals surface area contributed by atoms with Crippen LogP contribution < -0.4 is 5.73 Å². The Labute approximate surface area is 131 Å². The smallest absolute Gasteiger partial charge is 0.309 e. The Morgan fingerprint density at radius 2 is 1.73 bits per heavy atom. The Morgan fingerprint density at radius 1 is 1.23 bits per heavy atom. The molecule has 7 heteroatoms. The Kier molecular flexibility index (Phi) is 7.50. The zero-order chi connectivity index (χ0) is 16.6. The summed E-state index contributed by atoms with van der Waals surface area (Å²) in [6, 6.07) is 10.0. The van der Waals surface area contributed by atoms with Crippen molar-refractivity contribution in [1.29, 1.82) is 0 Å². The lowest BCUT2D eigenvalue weighted by Gasteiger charge is -2.24. The van der Waals surface area contributed by atoms with E-state index < -0.39 is 10.1 Å². The molecule has 6 nitrogen and oxygen atoms in total. The van der Waals surface area contributed by atoms with Gasteiger partial charge in [-0.05, 0) is 31.2 Å². The Balaban J connectivity index is 0.000000422. The van der Waals surface area contributed by atoms with Crippen LogP contribution in [-0.4, -0.2) is 31.2 Å². The first-order valence-electron chi connectivity index (χ1n) is 7.14. The van der Waals surface area contributed by atoms with Crippen LogP contribution in [0.4, 0.5) is 0 Å². The van der Waals surface area contributed by atoms with Gasteiger partial charge in [-0.2, -0.15) is 8.42 Å². The molecule has 0 radical (unpaired) electrons. The molecule has 0 unspecified atom stereocenters. The van der Waals surface area contributed by atoms with Crippen LogP contribution >= 0.6 is 0 Å². The topological polar surface area (TPSA) is 107 Å². The fourth-order valence-corrected chi connectivity index (χ4v) is 2.20. The highest BCUT2D eigenvalue weighted by Crippen LogP contribution is 2.24. The number of benzene rings is 1. The molecule has 3 N–H and O–H groups in total. The molecule has 1 aliphatic carbocycles. The van der Waals surface area contributed by atoms with Crippen molar-refractivity contribution in [2.75, 3.05) is 6.26 Å². The third-order valence-electron chi connectivity index (χ3n) is 3.33. The number of rotatable bonds is 3. The monoisotopic (exact) mass is 329 g/mol. The molecule has 0 saturated heterocycles. The summed E-state index contributed by atoms with van der Waals surface area (Å²) in [5, 5.41) is 0. The zero-order valence-electron chi connectivity index (χ0n) is 12.6. The maximum atomic E-state index is 11.8. The van der Waals surface area contributed by atoms with Gasteiger partial charge in [0.15, 0.2) is 0 Å². The van der Waals surface area contributed by atoms with E-state index in [1.807, 2.05) is 30.3 Å². The van der Waals surface area contributed by atoms with Crippen LogP contribution in [0.3, 0.4) is 0 Å². The van der Waals surface area contributed by atoms with Crippen molar-refractivity contribution in [3.63, 3.8) is 0 Å². The number of hydrogen-bond donors (Lipinski definition) is 2.